The summed E-state index contributed by atoms with van der Waals surface area (Å²) in [6.07, 6.45) is 2.66. The molecule has 0 fully saturated rings. The van der Waals surface area contributed by atoms with Crippen molar-refractivity contribution in [1.29, 1.82) is 0 Å². The summed E-state index contributed by atoms with van der Waals surface area (Å²) in [7, 11) is 4.58. The van der Waals surface area contributed by atoms with Crippen LogP contribution >= 0.6 is 0 Å². The molecule has 0 radical (unpaired) electrons. The third kappa shape index (κ3) is 3.59. The molecule has 0 atom stereocenters. The standard InChI is InChI=1S/C20H22N2O4/c1-24-17-11-15(12-18(25-2)19(17)26-3)20(23)22-8-6-13-4-5-16-14(10-13)7-9-21-16/h4-5,7,9-12,21H,6,8H2,1-3H3,(H,22,23). The Morgan fingerprint density at radius 3 is 2.38 bits per heavy atom. The summed E-state index contributed by atoms with van der Waals surface area (Å²) in [6.45, 7) is 0.533. The molecule has 0 saturated carbocycles. The summed E-state index contributed by atoms with van der Waals surface area (Å²) in [4.78, 5) is 15.6. The van der Waals surface area contributed by atoms with Gasteiger partial charge in [0.1, 0.15) is 0 Å². The number of aromatic nitrogens is 1. The van der Waals surface area contributed by atoms with Crippen molar-refractivity contribution in [2.75, 3.05) is 27.9 Å². The van der Waals surface area contributed by atoms with Crippen molar-refractivity contribution >= 4 is 16.8 Å². The van der Waals surface area contributed by atoms with Gasteiger partial charge in [-0.15, -0.1) is 0 Å². The molecule has 136 valence electrons. The zero-order valence-corrected chi connectivity index (χ0v) is 15.1. The number of amides is 1. The molecule has 6 nitrogen and oxygen atoms in total. The van der Waals surface area contributed by atoms with Crippen LogP contribution in [0.4, 0.5) is 0 Å². The quantitative estimate of drug-likeness (QED) is 0.684. The zero-order chi connectivity index (χ0) is 18.5. The number of aromatic amines is 1. The van der Waals surface area contributed by atoms with E-state index in [0.29, 0.717) is 29.4 Å². The minimum absolute atomic E-state index is 0.188. The predicted molar refractivity (Wildman–Crippen MR) is 100 cm³/mol. The maximum Gasteiger partial charge on any atom is 0.251 e. The first kappa shape index (κ1) is 17.7. The van der Waals surface area contributed by atoms with Gasteiger partial charge in [0, 0.05) is 23.8 Å². The molecule has 2 aromatic carbocycles. The molecular weight excluding hydrogens is 332 g/mol. The SMILES string of the molecule is COc1cc(C(=O)NCCc2ccc3[nH]ccc3c2)cc(OC)c1OC. The van der Waals surface area contributed by atoms with Crippen LogP contribution in [0, 0.1) is 0 Å². The van der Waals surface area contributed by atoms with Gasteiger partial charge in [0.25, 0.3) is 5.91 Å². The Morgan fingerprint density at radius 1 is 1.00 bits per heavy atom. The molecule has 0 unspecified atom stereocenters. The van der Waals surface area contributed by atoms with Crippen molar-refractivity contribution in [3.8, 4) is 17.2 Å². The lowest BCUT2D eigenvalue weighted by Gasteiger charge is -2.14. The van der Waals surface area contributed by atoms with Crippen LogP contribution in [-0.2, 0) is 6.42 Å². The molecule has 1 amide bonds. The monoisotopic (exact) mass is 354 g/mol. The molecule has 2 N–H and O–H groups in total. The van der Waals surface area contributed by atoms with Crippen molar-refractivity contribution in [2.45, 2.75) is 6.42 Å². The fourth-order valence-corrected chi connectivity index (χ4v) is 2.89. The van der Waals surface area contributed by atoms with Crippen molar-refractivity contribution in [2.24, 2.45) is 0 Å². The third-order valence-electron chi connectivity index (χ3n) is 4.24. The van der Waals surface area contributed by atoms with Crippen LogP contribution in [0.2, 0.25) is 0 Å². The second-order valence-electron chi connectivity index (χ2n) is 5.82. The van der Waals surface area contributed by atoms with E-state index in [1.54, 1.807) is 12.1 Å². The Bertz CT molecular complexity index is 892. The predicted octanol–water partition coefficient (Wildman–Crippen LogP) is 3.17. The molecule has 0 aliphatic heterocycles. The van der Waals surface area contributed by atoms with Gasteiger partial charge in [-0.1, -0.05) is 6.07 Å². The number of carbonyl (C=O) groups is 1. The summed E-state index contributed by atoms with van der Waals surface area (Å²) >= 11 is 0. The second kappa shape index (κ2) is 7.82. The molecule has 26 heavy (non-hydrogen) atoms. The van der Waals surface area contributed by atoms with E-state index in [2.05, 4.69) is 22.4 Å². The maximum absolute atomic E-state index is 12.5. The lowest BCUT2D eigenvalue weighted by Crippen LogP contribution is -2.25. The molecule has 0 bridgehead atoms. The normalized spacial score (nSPS) is 10.6. The van der Waals surface area contributed by atoms with Crippen molar-refractivity contribution in [3.63, 3.8) is 0 Å². The summed E-state index contributed by atoms with van der Waals surface area (Å²) in [5, 5.41) is 4.10. The van der Waals surface area contributed by atoms with Gasteiger partial charge < -0.3 is 24.5 Å². The average molecular weight is 354 g/mol. The highest BCUT2D eigenvalue weighted by Gasteiger charge is 2.16. The largest absolute Gasteiger partial charge is 0.493 e. The Morgan fingerprint density at radius 2 is 1.73 bits per heavy atom. The van der Waals surface area contributed by atoms with Crippen LogP contribution in [0.25, 0.3) is 10.9 Å². The molecule has 0 spiro atoms. The van der Waals surface area contributed by atoms with E-state index in [0.717, 1.165) is 11.9 Å². The van der Waals surface area contributed by atoms with Crippen LogP contribution in [0.5, 0.6) is 17.2 Å². The minimum Gasteiger partial charge on any atom is -0.493 e. The Hall–Kier alpha value is -3.15. The van der Waals surface area contributed by atoms with Gasteiger partial charge in [-0.2, -0.15) is 0 Å². The van der Waals surface area contributed by atoms with Gasteiger partial charge in [-0.3, -0.25) is 4.79 Å². The lowest BCUT2D eigenvalue weighted by atomic mass is 10.1. The number of benzene rings is 2. The zero-order valence-electron chi connectivity index (χ0n) is 15.1. The Balaban J connectivity index is 1.67. The topological polar surface area (TPSA) is 72.6 Å². The van der Waals surface area contributed by atoms with Crippen LogP contribution in [0.1, 0.15) is 15.9 Å². The number of rotatable bonds is 7. The van der Waals surface area contributed by atoms with Gasteiger partial charge in [-0.05, 0) is 47.7 Å². The molecule has 0 saturated heterocycles. The lowest BCUT2D eigenvalue weighted by molar-refractivity contribution is 0.0953. The fourth-order valence-electron chi connectivity index (χ4n) is 2.89. The van der Waals surface area contributed by atoms with E-state index >= 15 is 0 Å². The molecule has 3 aromatic rings. The number of hydrogen-bond acceptors (Lipinski definition) is 4. The molecule has 6 heteroatoms. The van der Waals surface area contributed by atoms with Gasteiger partial charge in [-0.25, -0.2) is 0 Å². The smallest absolute Gasteiger partial charge is 0.251 e. The molecule has 0 aliphatic rings. The Labute approximate surface area is 152 Å². The van der Waals surface area contributed by atoms with Gasteiger partial charge in [0.15, 0.2) is 11.5 Å². The van der Waals surface area contributed by atoms with Crippen LogP contribution in [0.3, 0.4) is 0 Å². The summed E-state index contributed by atoms with van der Waals surface area (Å²) in [5.41, 5.74) is 2.73. The van der Waals surface area contributed by atoms with E-state index in [1.807, 2.05) is 18.3 Å². The van der Waals surface area contributed by atoms with Crippen molar-refractivity contribution in [3.05, 3.63) is 53.7 Å². The molecule has 3 rings (SSSR count). The van der Waals surface area contributed by atoms with Crippen molar-refractivity contribution < 1.29 is 19.0 Å². The number of ether oxygens (including phenoxy) is 3. The maximum atomic E-state index is 12.5. The van der Waals surface area contributed by atoms with Gasteiger partial charge >= 0.3 is 0 Å². The highest BCUT2D eigenvalue weighted by Crippen LogP contribution is 2.38. The van der Waals surface area contributed by atoms with Gasteiger partial charge in [0.05, 0.1) is 21.3 Å². The van der Waals surface area contributed by atoms with E-state index in [-0.39, 0.29) is 5.91 Å². The van der Waals surface area contributed by atoms with Crippen LogP contribution in [-0.4, -0.2) is 38.8 Å². The van der Waals surface area contributed by atoms with Crippen LogP contribution in [0.15, 0.2) is 42.6 Å². The third-order valence-corrected chi connectivity index (χ3v) is 4.24. The molecule has 1 aromatic heterocycles. The first-order valence-electron chi connectivity index (χ1n) is 8.30. The fraction of sp³-hybridized carbons (Fsp3) is 0.250. The minimum atomic E-state index is -0.188. The number of H-pyrrole nitrogens is 1. The second-order valence-corrected chi connectivity index (χ2v) is 5.82. The average Bonchev–Trinajstić information content (AvgIpc) is 3.14. The van der Waals surface area contributed by atoms with Gasteiger partial charge in [0.2, 0.25) is 5.75 Å². The first-order chi connectivity index (χ1) is 12.7. The van der Waals surface area contributed by atoms with E-state index in [1.165, 1.54) is 32.3 Å². The summed E-state index contributed by atoms with van der Waals surface area (Å²) in [5.74, 6) is 1.18. The van der Waals surface area contributed by atoms with Crippen LogP contribution < -0.4 is 19.5 Å². The van der Waals surface area contributed by atoms with E-state index in [4.69, 9.17) is 14.2 Å². The summed E-state index contributed by atoms with van der Waals surface area (Å²) < 4.78 is 15.9. The van der Waals surface area contributed by atoms with Crippen molar-refractivity contribution in [1.82, 2.24) is 10.3 Å². The first-order valence-corrected chi connectivity index (χ1v) is 8.30. The number of fused-ring (bicyclic) bond motifs is 1. The van der Waals surface area contributed by atoms with E-state index < -0.39 is 0 Å². The molecule has 1 heterocycles. The number of methoxy groups -OCH3 is 3. The number of nitrogens with one attached hydrogen (secondary N) is 2. The number of hydrogen-bond donors (Lipinski definition) is 2. The number of carbonyl (C=O) groups excluding carboxylic acids is 1. The highest BCUT2D eigenvalue weighted by atomic mass is 16.5. The molecule has 0 aliphatic carbocycles. The Kier molecular flexibility index (Phi) is 5.31. The van der Waals surface area contributed by atoms with E-state index in [9.17, 15) is 4.79 Å². The summed E-state index contributed by atoms with van der Waals surface area (Å²) in [6, 6.07) is 11.5. The highest BCUT2D eigenvalue weighted by molar-refractivity contribution is 5.95. The molecular formula is C20H22N2O4.